The minimum atomic E-state index is -3.99. The van der Waals surface area contributed by atoms with E-state index >= 15 is 0 Å². The number of nitrogens with zero attached hydrogens (tertiary/aromatic N) is 1. The van der Waals surface area contributed by atoms with Crippen LogP contribution >= 0.6 is 10.8 Å². The van der Waals surface area contributed by atoms with E-state index in [2.05, 4.69) is 5.16 Å². The normalized spacial score (nSPS) is 25.6. The molecule has 0 aromatic heterocycles. The summed E-state index contributed by atoms with van der Waals surface area (Å²) >= 11 is 0. The van der Waals surface area contributed by atoms with Crippen molar-refractivity contribution in [1.29, 1.82) is 0 Å². The van der Waals surface area contributed by atoms with E-state index in [1.807, 2.05) is 6.92 Å². The van der Waals surface area contributed by atoms with Crippen molar-refractivity contribution in [3.63, 3.8) is 0 Å². The minimum Gasteiger partial charge on any atom is -0.396 e. The van der Waals surface area contributed by atoms with Gasteiger partial charge >= 0.3 is 9.15 Å². The number of hydrogen-bond acceptors (Lipinski definition) is 5. The van der Waals surface area contributed by atoms with Gasteiger partial charge in [-0.2, -0.15) is 8.42 Å². The monoisotopic (exact) mass is 239 g/mol. The summed E-state index contributed by atoms with van der Waals surface area (Å²) in [7, 11) is -3.45. The second kappa shape index (κ2) is 4.99. The Morgan fingerprint density at radius 3 is 3.00 bits per heavy atom. The fourth-order valence-electron chi connectivity index (χ4n) is 1.30. The SMILES string of the molecule is CCO/N=C1\CCCC1SS(=O)(=O)O. The third-order valence-electron chi connectivity index (χ3n) is 1.82. The average molecular weight is 239 g/mol. The molecule has 1 fully saturated rings. The van der Waals surface area contributed by atoms with Gasteiger partial charge in [-0.05, 0) is 26.2 Å². The van der Waals surface area contributed by atoms with E-state index in [-0.39, 0.29) is 5.25 Å². The molecule has 14 heavy (non-hydrogen) atoms. The number of rotatable bonds is 4. The Morgan fingerprint density at radius 1 is 1.71 bits per heavy atom. The third kappa shape index (κ3) is 3.85. The zero-order chi connectivity index (χ0) is 10.6. The van der Waals surface area contributed by atoms with Crippen LogP contribution in [0.3, 0.4) is 0 Å². The van der Waals surface area contributed by atoms with Crippen molar-refractivity contribution < 1.29 is 17.8 Å². The third-order valence-corrected chi connectivity index (χ3v) is 4.23. The van der Waals surface area contributed by atoms with Crippen molar-refractivity contribution in [2.45, 2.75) is 31.4 Å². The Morgan fingerprint density at radius 2 is 2.43 bits per heavy atom. The summed E-state index contributed by atoms with van der Waals surface area (Å²) in [5.74, 6) is 0. The topological polar surface area (TPSA) is 76.0 Å². The van der Waals surface area contributed by atoms with E-state index in [4.69, 9.17) is 9.39 Å². The largest absolute Gasteiger partial charge is 0.396 e. The van der Waals surface area contributed by atoms with Gasteiger partial charge in [-0.3, -0.25) is 4.55 Å². The first kappa shape index (κ1) is 11.8. The van der Waals surface area contributed by atoms with Crippen molar-refractivity contribution in [3.8, 4) is 0 Å². The van der Waals surface area contributed by atoms with Gasteiger partial charge in [-0.15, -0.1) is 0 Å². The highest BCUT2D eigenvalue weighted by Crippen LogP contribution is 2.30. The Hall–Kier alpha value is -0.270. The molecule has 5 nitrogen and oxygen atoms in total. The van der Waals surface area contributed by atoms with Gasteiger partial charge < -0.3 is 4.84 Å². The standard InChI is InChI=1S/C7H13NO4S2/c1-2-12-8-6-4-3-5-7(6)13-14(9,10)11/h7H,2-5H2,1H3,(H,9,10,11)/b8-6+. The summed E-state index contributed by atoms with van der Waals surface area (Å²) < 4.78 is 29.9. The van der Waals surface area contributed by atoms with Crippen molar-refractivity contribution in [2.24, 2.45) is 5.16 Å². The molecule has 0 saturated heterocycles. The van der Waals surface area contributed by atoms with E-state index in [1.54, 1.807) is 0 Å². The zero-order valence-corrected chi connectivity index (χ0v) is 9.47. The van der Waals surface area contributed by atoms with Gasteiger partial charge in [-0.1, -0.05) is 5.16 Å². The molecule has 1 N–H and O–H groups in total. The smallest absolute Gasteiger partial charge is 0.320 e. The lowest BCUT2D eigenvalue weighted by Gasteiger charge is -2.06. The molecule has 1 aliphatic carbocycles. The second-order valence-electron chi connectivity index (χ2n) is 2.91. The zero-order valence-electron chi connectivity index (χ0n) is 7.84. The predicted molar refractivity (Wildman–Crippen MR) is 55.8 cm³/mol. The van der Waals surface area contributed by atoms with Gasteiger partial charge in [0.2, 0.25) is 0 Å². The molecule has 0 aliphatic heterocycles. The van der Waals surface area contributed by atoms with Gasteiger partial charge in [-0.25, -0.2) is 0 Å². The molecular formula is C7H13NO4S2. The van der Waals surface area contributed by atoms with Crippen LogP contribution in [0.25, 0.3) is 0 Å². The Balaban J connectivity index is 2.60. The van der Waals surface area contributed by atoms with E-state index in [9.17, 15) is 8.42 Å². The first-order valence-corrected chi connectivity index (χ1v) is 7.21. The van der Waals surface area contributed by atoms with Gasteiger partial charge in [0.05, 0.1) is 11.0 Å². The lowest BCUT2D eigenvalue weighted by Crippen LogP contribution is -2.12. The molecule has 0 spiro atoms. The maximum Gasteiger partial charge on any atom is 0.320 e. The van der Waals surface area contributed by atoms with Crippen LogP contribution in [0, 0.1) is 0 Å². The van der Waals surface area contributed by atoms with E-state index in [0.717, 1.165) is 25.0 Å². The first-order valence-electron chi connectivity index (χ1n) is 4.37. The van der Waals surface area contributed by atoms with Crippen LogP contribution in [-0.2, 0) is 14.0 Å². The highest BCUT2D eigenvalue weighted by Gasteiger charge is 2.28. The molecule has 1 saturated carbocycles. The molecule has 0 radical (unpaired) electrons. The van der Waals surface area contributed by atoms with E-state index in [1.165, 1.54) is 0 Å². The summed E-state index contributed by atoms with van der Waals surface area (Å²) in [4.78, 5) is 4.86. The fraction of sp³-hybridized carbons (Fsp3) is 0.857. The van der Waals surface area contributed by atoms with Crippen molar-refractivity contribution in [3.05, 3.63) is 0 Å². The molecule has 0 bridgehead atoms. The fourth-order valence-corrected chi connectivity index (χ4v) is 3.63. The summed E-state index contributed by atoms with van der Waals surface area (Å²) in [6.45, 7) is 2.27. The quantitative estimate of drug-likeness (QED) is 0.456. The van der Waals surface area contributed by atoms with Crippen molar-refractivity contribution in [2.75, 3.05) is 6.61 Å². The van der Waals surface area contributed by atoms with Crippen LogP contribution in [0.5, 0.6) is 0 Å². The molecule has 0 heterocycles. The van der Waals surface area contributed by atoms with Crippen LogP contribution in [0.15, 0.2) is 5.16 Å². The average Bonchev–Trinajstić information content (AvgIpc) is 2.45. The van der Waals surface area contributed by atoms with Crippen LogP contribution in [-0.4, -0.2) is 30.5 Å². The van der Waals surface area contributed by atoms with Gasteiger partial charge in [0, 0.05) is 10.8 Å². The van der Waals surface area contributed by atoms with Crippen molar-refractivity contribution >= 4 is 25.7 Å². The van der Waals surface area contributed by atoms with E-state index < -0.39 is 9.15 Å². The molecule has 1 aliphatic rings. The molecule has 0 aromatic carbocycles. The lowest BCUT2D eigenvalue weighted by molar-refractivity contribution is 0.158. The summed E-state index contributed by atoms with van der Waals surface area (Å²) in [5.41, 5.74) is 0.717. The first-order chi connectivity index (χ1) is 6.53. The van der Waals surface area contributed by atoms with Crippen LogP contribution in [0.1, 0.15) is 26.2 Å². The summed E-state index contributed by atoms with van der Waals surface area (Å²) in [6, 6.07) is 0. The number of hydrogen-bond donors (Lipinski definition) is 1. The second-order valence-corrected chi connectivity index (χ2v) is 6.36. The molecule has 7 heteroatoms. The lowest BCUT2D eigenvalue weighted by atomic mass is 10.3. The Bertz CT molecular complexity index is 312. The Labute approximate surface area is 87.0 Å². The molecule has 1 rings (SSSR count). The molecule has 1 unspecified atom stereocenters. The van der Waals surface area contributed by atoms with Crippen LogP contribution in [0.2, 0.25) is 0 Å². The highest BCUT2D eigenvalue weighted by molar-refractivity contribution is 8.70. The maximum absolute atomic E-state index is 10.6. The summed E-state index contributed by atoms with van der Waals surface area (Å²) in [5, 5.41) is 3.57. The Kier molecular flexibility index (Phi) is 4.21. The number of oxime groups is 1. The molecule has 0 aromatic rings. The van der Waals surface area contributed by atoms with Gasteiger partial charge in [0.25, 0.3) is 0 Å². The summed E-state index contributed by atoms with van der Waals surface area (Å²) in [6.07, 6.45) is 2.35. The maximum atomic E-state index is 10.6. The molecule has 0 amide bonds. The molecular weight excluding hydrogens is 226 g/mol. The molecule has 1 atom stereocenters. The van der Waals surface area contributed by atoms with Crippen LogP contribution in [0.4, 0.5) is 0 Å². The van der Waals surface area contributed by atoms with Crippen molar-refractivity contribution in [1.82, 2.24) is 0 Å². The van der Waals surface area contributed by atoms with E-state index in [0.29, 0.717) is 17.4 Å². The van der Waals surface area contributed by atoms with Gasteiger partial charge in [0.15, 0.2) is 0 Å². The highest BCUT2D eigenvalue weighted by atomic mass is 33.1. The minimum absolute atomic E-state index is 0.253. The molecule has 82 valence electrons. The van der Waals surface area contributed by atoms with Crippen LogP contribution < -0.4 is 0 Å². The predicted octanol–water partition coefficient (Wildman–Crippen LogP) is 1.47. The van der Waals surface area contributed by atoms with Gasteiger partial charge in [0.1, 0.15) is 6.61 Å².